The Morgan fingerprint density at radius 3 is 2.22 bits per heavy atom. The van der Waals surface area contributed by atoms with Crippen LogP contribution in [0.5, 0.6) is 0 Å². The van der Waals surface area contributed by atoms with Gasteiger partial charge in [-0.3, -0.25) is 4.79 Å². The smallest absolute Gasteiger partial charge is 0.336 e. The van der Waals surface area contributed by atoms with Gasteiger partial charge in [0.15, 0.2) is 5.78 Å². The predicted octanol–water partition coefficient (Wildman–Crippen LogP) is 3.87. The second kappa shape index (κ2) is 6.42. The van der Waals surface area contributed by atoms with Crippen LogP contribution in [0.15, 0.2) is 42.5 Å². The molecule has 0 unspecified atom stereocenters. The van der Waals surface area contributed by atoms with Crippen molar-refractivity contribution in [1.82, 2.24) is 0 Å². The van der Waals surface area contributed by atoms with E-state index in [1.165, 1.54) is 31.0 Å². The summed E-state index contributed by atoms with van der Waals surface area (Å²) in [5.41, 5.74) is 1.61. The Morgan fingerprint density at radius 1 is 0.957 bits per heavy atom. The number of aromatic carboxylic acids is 1. The molecule has 0 amide bonds. The Balaban J connectivity index is 1.91. The van der Waals surface area contributed by atoms with E-state index in [2.05, 4.69) is 4.90 Å². The molecular formula is C18H16ClNO3. The molecule has 23 heavy (non-hydrogen) atoms. The summed E-state index contributed by atoms with van der Waals surface area (Å²) in [5, 5.41) is 9.58. The third-order valence-electron chi connectivity index (χ3n) is 4.06. The van der Waals surface area contributed by atoms with Crippen molar-refractivity contribution in [2.45, 2.75) is 12.8 Å². The SMILES string of the molecule is O=C(O)c1ccc(Cl)cc1C(=O)c1ccc(N2CCCC2)cc1. The van der Waals surface area contributed by atoms with Gasteiger partial charge in [-0.2, -0.15) is 0 Å². The van der Waals surface area contributed by atoms with E-state index >= 15 is 0 Å². The first-order valence-corrected chi connectivity index (χ1v) is 7.86. The van der Waals surface area contributed by atoms with Gasteiger partial charge in [-0.1, -0.05) is 11.6 Å². The van der Waals surface area contributed by atoms with Gasteiger partial charge in [-0.05, 0) is 55.3 Å². The molecule has 0 bridgehead atoms. The lowest BCUT2D eigenvalue weighted by Crippen LogP contribution is -2.17. The first-order valence-electron chi connectivity index (χ1n) is 7.49. The van der Waals surface area contributed by atoms with E-state index in [4.69, 9.17) is 11.6 Å². The average molecular weight is 330 g/mol. The molecule has 0 radical (unpaired) electrons. The fourth-order valence-corrected chi connectivity index (χ4v) is 3.02. The normalized spacial score (nSPS) is 14.0. The molecule has 118 valence electrons. The maximum Gasteiger partial charge on any atom is 0.336 e. The third-order valence-corrected chi connectivity index (χ3v) is 4.29. The fourth-order valence-electron chi connectivity index (χ4n) is 2.85. The molecule has 5 heteroatoms. The fraction of sp³-hybridized carbons (Fsp3) is 0.222. The van der Waals surface area contributed by atoms with Crippen LogP contribution >= 0.6 is 11.6 Å². The minimum absolute atomic E-state index is 0.0389. The molecule has 0 atom stereocenters. The van der Waals surface area contributed by atoms with Crippen LogP contribution in [0.3, 0.4) is 0 Å². The van der Waals surface area contributed by atoms with Crippen molar-refractivity contribution in [3.63, 3.8) is 0 Å². The van der Waals surface area contributed by atoms with Crippen LogP contribution in [-0.2, 0) is 0 Å². The van der Waals surface area contributed by atoms with E-state index < -0.39 is 5.97 Å². The summed E-state index contributed by atoms with van der Waals surface area (Å²) in [6, 6.07) is 11.5. The van der Waals surface area contributed by atoms with Gasteiger partial charge in [0.25, 0.3) is 0 Å². The van der Waals surface area contributed by atoms with Crippen molar-refractivity contribution in [2.24, 2.45) is 0 Å². The van der Waals surface area contributed by atoms with Gasteiger partial charge >= 0.3 is 5.97 Å². The molecule has 0 spiro atoms. The second-order valence-corrected chi connectivity index (χ2v) is 6.00. The minimum Gasteiger partial charge on any atom is -0.478 e. The third kappa shape index (κ3) is 3.22. The summed E-state index contributed by atoms with van der Waals surface area (Å²) in [6.07, 6.45) is 2.37. The van der Waals surface area contributed by atoms with E-state index in [1.54, 1.807) is 12.1 Å². The number of carbonyl (C=O) groups is 2. The Bertz CT molecular complexity index is 749. The molecule has 0 saturated carbocycles. The maximum atomic E-state index is 12.6. The van der Waals surface area contributed by atoms with Crippen molar-refractivity contribution in [2.75, 3.05) is 18.0 Å². The van der Waals surface area contributed by atoms with Crippen LogP contribution in [0.25, 0.3) is 0 Å². The van der Waals surface area contributed by atoms with Gasteiger partial charge in [-0.25, -0.2) is 4.79 Å². The molecule has 3 rings (SSSR count). The van der Waals surface area contributed by atoms with Crippen LogP contribution in [0.4, 0.5) is 5.69 Å². The largest absolute Gasteiger partial charge is 0.478 e. The zero-order valence-electron chi connectivity index (χ0n) is 12.5. The maximum absolute atomic E-state index is 12.6. The number of anilines is 1. The standard InChI is InChI=1S/C18H16ClNO3/c19-13-5-8-15(18(22)23)16(11-13)17(21)12-3-6-14(7-4-12)20-9-1-2-10-20/h3-8,11H,1-2,9-10H2,(H,22,23). The van der Waals surface area contributed by atoms with E-state index in [9.17, 15) is 14.7 Å². The number of rotatable bonds is 4. The molecular weight excluding hydrogens is 314 g/mol. The lowest BCUT2D eigenvalue weighted by Gasteiger charge is -2.17. The molecule has 1 saturated heterocycles. The van der Waals surface area contributed by atoms with Gasteiger partial charge in [-0.15, -0.1) is 0 Å². The van der Waals surface area contributed by atoms with Crippen LogP contribution < -0.4 is 4.90 Å². The molecule has 1 N–H and O–H groups in total. The quantitative estimate of drug-likeness (QED) is 0.865. The molecule has 2 aromatic rings. The summed E-state index contributed by atoms with van der Waals surface area (Å²) in [7, 11) is 0. The van der Waals surface area contributed by atoms with Crippen LogP contribution in [-0.4, -0.2) is 29.9 Å². The zero-order chi connectivity index (χ0) is 16.4. The van der Waals surface area contributed by atoms with E-state index in [0.29, 0.717) is 10.6 Å². The number of carboxylic acids is 1. The Morgan fingerprint density at radius 2 is 1.61 bits per heavy atom. The first kappa shape index (κ1) is 15.6. The highest BCUT2D eigenvalue weighted by atomic mass is 35.5. The van der Waals surface area contributed by atoms with Crippen LogP contribution in [0, 0.1) is 0 Å². The number of carboxylic acid groups (broad SMARTS) is 1. The number of ketones is 1. The molecule has 0 aliphatic carbocycles. The molecule has 4 nitrogen and oxygen atoms in total. The zero-order valence-corrected chi connectivity index (χ0v) is 13.2. The Kier molecular flexibility index (Phi) is 4.35. The summed E-state index contributed by atoms with van der Waals surface area (Å²) in [6.45, 7) is 2.06. The highest BCUT2D eigenvalue weighted by molar-refractivity contribution is 6.31. The molecule has 1 aliphatic heterocycles. The lowest BCUT2D eigenvalue weighted by molar-refractivity contribution is 0.0693. The molecule has 0 aromatic heterocycles. The summed E-state index contributed by atoms with van der Waals surface area (Å²) < 4.78 is 0. The van der Waals surface area contributed by atoms with Crippen molar-refractivity contribution in [1.29, 1.82) is 0 Å². The molecule has 1 fully saturated rings. The molecule has 2 aromatic carbocycles. The highest BCUT2D eigenvalue weighted by Gasteiger charge is 2.19. The highest BCUT2D eigenvalue weighted by Crippen LogP contribution is 2.23. The second-order valence-electron chi connectivity index (χ2n) is 5.57. The number of hydrogen-bond acceptors (Lipinski definition) is 3. The van der Waals surface area contributed by atoms with Crippen molar-refractivity contribution < 1.29 is 14.7 Å². The van der Waals surface area contributed by atoms with Crippen molar-refractivity contribution in [3.05, 3.63) is 64.2 Å². The Hall–Kier alpha value is -2.33. The van der Waals surface area contributed by atoms with E-state index in [1.807, 2.05) is 12.1 Å². The Labute approximate surface area is 139 Å². The van der Waals surface area contributed by atoms with Crippen LogP contribution in [0.1, 0.15) is 39.1 Å². The molecule has 1 aliphatic rings. The van der Waals surface area contributed by atoms with Gasteiger partial charge < -0.3 is 10.0 Å². The van der Waals surface area contributed by atoms with E-state index in [-0.39, 0.29) is 16.9 Å². The van der Waals surface area contributed by atoms with E-state index in [0.717, 1.165) is 18.8 Å². The average Bonchev–Trinajstić information content (AvgIpc) is 3.08. The van der Waals surface area contributed by atoms with Gasteiger partial charge in [0.2, 0.25) is 0 Å². The summed E-state index contributed by atoms with van der Waals surface area (Å²) in [4.78, 5) is 26.2. The number of benzene rings is 2. The number of carbonyl (C=O) groups excluding carboxylic acids is 1. The number of halogens is 1. The van der Waals surface area contributed by atoms with Crippen molar-refractivity contribution in [3.8, 4) is 0 Å². The molecule has 1 heterocycles. The topological polar surface area (TPSA) is 57.6 Å². The lowest BCUT2D eigenvalue weighted by atomic mass is 9.98. The van der Waals surface area contributed by atoms with Gasteiger partial charge in [0.1, 0.15) is 0 Å². The van der Waals surface area contributed by atoms with Crippen LogP contribution in [0.2, 0.25) is 5.02 Å². The number of hydrogen-bond donors (Lipinski definition) is 1. The van der Waals surface area contributed by atoms with Crippen molar-refractivity contribution >= 4 is 29.0 Å². The summed E-state index contributed by atoms with van der Waals surface area (Å²) >= 11 is 5.91. The monoisotopic (exact) mass is 329 g/mol. The van der Waals surface area contributed by atoms with Gasteiger partial charge in [0.05, 0.1) is 5.56 Å². The minimum atomic E-state index is -1.14. The predicted molar refractivity (Wildman–Crippen MR) is 89.7 cm³/mol. The van der Waals surface area contributed by atoms with Gasteiger partial charge in [0, 0.05) is 34.9 Å². The number of nitrogens with zero attached hydrogens (tertiary/aromatic N) is 1. The first-order chi connectivity index (χ1) is 11.1. The summed E-state index contributed by atoms with van der Waals surface area (Å²) in [5.74, 6) is -1.48.